The summed E-state index contributed by atoms with van der Waals surface area (Å²) in [4.78, 5) is 32.9. The van der Waals surface area contributed by atoms with E-state index in [9.17, 15) is 13.2 Å². The van der Waals surface area contributed by atoms with E-state index in [4.69, 9.17) is 0 Å². The Morgan fingerprint density at radius 3 is 2.47 bits per heavy atom. The van der Waals surface area contributed by atoms with Crippen LogP contribution >= 0.6 is 11.3 Å². The number of carbonyl (C=O) groups is 1. The Bertz CT molecular complexity index is 1280. The number of pyridine rings is 1. The maximum Gasteiger partial charge on any atom is 0.274 e. The molecule has 3 aromatic heterocycles. The Labute approximate surface area is 179 Å². The molecule has 4 heterocycles. The Morgan fingerprint density at radius 1 is 1.10 bits per heavy atom. The summed E-state index contributed by atoms with van der Waals surface area (Å²) in [5.74, 6) is -0.171. The van der Waals surface area contributed by atoms with Gasteiger partial charge in [-0.15, -0.1) is 11.3 Å². The predicted octanol–water partition coefficient (Wildman–Crippen LogP) is 2.91. The molecular formula is C20H21N5O3S2. The van der Waals surface area contributed by atoms with Gasteiger partial charge in [0.15, 0.2) is 0 Å². The molecule has 0 saturated heterocycles. The molecule has 3 aromatic rings. The van der Waals surface area contributed by atoms with Gasteiger partial charge in [0.05, 0.1) is 22.7 Å². The first-order valence-corrected chi connectivity index (χ1v) is 12.0. The van der Waals surface area contributed by atoms with Crippen LogP contribution in [0.2, 0.25) is 0 Å². The van der Waals surface area contributed by atoms with Crippen LogP contribution in [0.25, 0.3) is 10.7 Å². The predicted molar refractivity (Wildman–Crippen MR) is 113 cm³/mol. The van der Waals surface area contributed by atoms with Crippen LogP contribution < -0.4 is 0 Å². The van der Waals surface area contributed by atoms with E-state index in [1.165, 1.54) is 17.5 Å². The molecule has 30 heavy (non-hydrogen) atoms. The third-order valence-electron chi connectivity index (χ3n) is 5.06. The Kier molecular flexibility index (Phi) is 4.74. The normalized spacial score (nSPS) is 15.5. The number of aromatic nitrogens is 4. The van der Waals surface area contributed by atoms with E-state index in [0.717, 1.165) is 22.5 Å². The van der Waals surface area contributed by atoms with Crippen LogP contribution in [-0.2, 0) is 21.9 Å². The SMILES string of the molecule is Cc1cccc(CN2C(=O)c3nc(-c4nc(S(C)(=O)=O)ncc4C)sc3C2(C)C)n1. The smallest absolute Gasteiger partial charge is 0.274 e. The summed E-state index contributed by atoms with van der Waals surface area (Å²) in [5.41, 5.74) is 2.64. The summed E-state index contributed by atoms with van der Waals surface area (Å²) in [6, 6.07) is 5.74. The van der Waals surface area contributed by atoms with E-state index in [-0.39, 0.29) is 11.1 Å². The lowest BCUT2D eigenvalue weighted by molar-refractivity contribution is 0.0591. The number of thiazole rings is 1. The standard InChI is InChI=1S/C20H21N5O3S2/c1-11-9-21-19(30(5,27)28)24-14(11)17-23-15-16(29-17)20(3,4)25(18(15)26)10-13-8-6-7-12(2)22-13/h6-9H,10H2,1-5H3. The van der Waals surface area contributed by atoms with Crippen LogP contribution in [0, 0.1) is 13.8 Å². The highest BCUT2D eigenvalue weighted by atomic mass is 32.2. The van der Waals surface area contributed by atoms with Crippen LogP contribution in [0.3, 0.4) is 0 Å². The highest BCUT2D eigenvalue weighted by Gasteiger charge is 2.46. The monoisotopic (exact) mass is 443 g/mol. The summed E-state index contributed by atoms with van der Waals surface area (Å²) in [6.45, 7) is 8.04. The van der Waals surface area contributed by atoms with Gasteiger partial charge in [-0.05, 0) is 45.4 Å². The largest absolute Gasteiger partial charge is 0.321 e. The zero-order valence-corrected chi connectivity index (χ0v) is 18.9. The third kappa shape index (κ3) is 3.39. The number of sulfone groups is 1. The van der Waals surface area contributed by atoms with E-state index in [1.807, 2.05) is 39.0 Å². The Morgan fingerprint density at radius 2 is 1.83 bits per heavy atom. The lowest BCUT2D eigenvalue weighted by atomic mass is 10.0. The van der Waals surface area contributed by atoms with Gasteiger partial charge in [0, 0.05) is 18.1 Å². The van der Waals surface area contributed by atoms with Crippen LogP contribution in [0.1, 0.15) is 46.2 Å². The van der Waals surface area contributed by atoms with Gasteiger partial charge in [-0.25, -0.2) is 23.4 Å². The van der Waals surface area contributed by atoms with Crippen molar-refractivity contribution in [3.05, 3.63) is 51.9 Å². The van der Waals surface area contributed by atoms with Gasteiger partial charge >= 0.3 is 0 Å². The molecule has 0 atom stereocenters. The maximum absolute atomic E-state index is 13.2. The topological polar surface area (TPSA) is 106 Å². The number of amides is 1. The van der Waals surface area contributed by atoms with Crippen molar-refractivity contribution in [2.24, 2.45) is 0 Å². The molecule has 0 radical (unpaired) electrons. The van der Waals surface area contributed by atoms with E-state index in [0.29, 0.717) is 28.5 Å². The van der Waals surface area contributed by atoms with Crippen molar-refractivity contribution in [2.75, 3.05) is 6.26 Å². The molecule has 0 N–H and O–H groups in total. The molecule has 0 spiro atoms. The number of hydrogen-bond acceptors (Lipinski definition) is 8. The molecule has 4 rings (SSSR count). The van der Waals surface area contributed by atoms with E-state index >= 15 is 0 Å². The molecule has 0 fully saturated rings. The van der Waals surface area contributed by atoms with E-state index < -0.39 is 15.4 Å². The fourth-order valence-corrected chi connectivity index (χ4v) is 5.15. The lowest BCUT2D eigenvalue weighted by Crippen LogP contribution is -2.38. The van der Waals surface area contributed by atoms with Crippen LogP contribution in [0.4, 0.5) is 0 Å². The second kappa shape index (κ2) is 6.92. The van der Waals surface area contributed by atoms with Crippen LogP contribution in [0.15, 0.2) is 29.6 Å². The van der Waals surface area contributed by atoms with Crippen molar-refractivity contribution in [3.63, 3.8) is 0 Å². The first kappa shape index (κ1) is 20.5. The van der Waals surface area contributed by atoms with Gasteiger partial charge in [-0.2, -0.15) is 0 Å². The van der Waals surface area contributed by atoms with Crippen molar-refractivity contribution < 1.29 is 13.2 Å². The quantitative estimate of drug-likeness (QED) is 0.571. The van der Waals surface area contributed by atoms with E-state index in [1.54, 1.807) is 11.8 Å². The summed E-state index contributed by atoms with van der Waals surface area (Å²) in [5, 5.41) is 0.260. The summed E-state index contributed by atoms with van der Waals surface area (Å²) >= 11 is 1.36. The third-order valence-corrected chi connectivity index (χ3v) is 7.29. The number of aryl methyl sites for hydroxylation is 2. The van der Waals surface area contributed by atoms with Crippen molar-refractivity contribution in [2.45, 2.75) is 44.9 Å². The zero-order chi connectivity index (χ0) is 21.8. The average Bonchev–Trinajstić information content (AvgIpc) is 3.16. The Balaban J connectivity index is 1.73. The van der Waals surface area contributed by atoms with Gasteiger partial charge in [0.1, 0.15) is 16.4 Å². The van der Waals surface area contributed by atoms with Crippen LogP contribution in [-0.4, -0.2) is 45.4 Å². The second-order valence-corrected chi connectivity index (χ2v) is 10.8. The molecule has 156 valence electrons. The number of hydrogen-bond donors (Lipinski definition) is 0. The average molecular weight is 444 g/mol. The van der Waals surface area contributed by atoms with Gasteiger partial charge in [-0.1, -0.05) is 6.07 Å². The maximum atomic E-state index is 13.2. The molecule has 10 heteroatoms. The summed E-state index contributed by atoms with van der Waals surface area (Å²) < 4.78 is 23.7. The molecule has 1 amide bonds. The molecule has 0 aromatic carbocycles. The van der Waals surface area contributed by atoms with Crippen molar-refractivity contribution >= 4 is 27.1 Å². The minimum Gasteiger partial charge on any atom is -0.321 e. The Hall–Kier alpha value is -2.72. The second-order valence-electron chi connectivity index (χ2n) is 7.87. The minimum absolute atomic E-state index is 0.171. The van der Waals surface area contributed by atoms with E-state index in [2.05, 4.69) is 19.9 Å². The molecule has 0 aliphatic carbocycles. The fourth-order valence-electron chi connectivity index (χ4n) is 3.43. The number of nitrogens with zero attached hydrogens (tertiary/aromatic N) is 5. The summed E-state index contributed by atoms with van der Waals surface area (Å²) in [7, 11) is -3.55. The summed E-state index contributed by atoms with van der Waals surface area (Å²) in [6.07, 6.45) is 2.53. The van der Waals surface area contributed by atoms with Crippen molar-refractivity contribution in [1.82, 2.24) is 24.8 Å². The number of fused-ring (bicyclic) bond motifs is 1. The van der Waals surface area contributed by atoms with Gasteiger partial charge in [-0.3, -0.25) is 9.78 Å². The molecular weight excluding hydrogens is 422 g/mol. The van der Waals surface area contributed by atoms with Crippen LogP contribution in [0.5, 0.6) is 0 Å². The zero-order valence-electron chi connectivity index (χ0n) is 17.3. The fraction of sp³-hybridized carbons (Fsp3) is 0.350. The van der Waals surface area contributed by atoms with Crippen molar-refractivity contribution in [1.29, 1.82) is 0 Å². The first-order chi connectivity index (χ1) is 14.0. The molecule has 0 saturated carbocycles. The highest BCUT2D eigenvalue weighted by Crippen LogP contribution is 2.45. The molecule has 1 aliphatic rings. The van der Waals surface area contributed by atoms with Crippen molar-refractivity contribution in [3.8, 4) is 10.7 Å². The number of carbonyl (C=O) groups excluding carboxylic acids is 1. The molecule has 1 aliphatic heterocycles. The molecule has 0 bridgehead atoms. The van der Waals surface area contributed by atoms with Gasteiger partial charge in [0.25, 0.3) is 5.91 Å². The molecule has 0 unspecified atom stereocenters. The lowest BCUT2D eigenvalue weighted by Gasteiger charge is -2.31. The first-order valence-electron chi connectivity index (χ1n) is 9.28. The van der Waals surface area contributed by atoms with Gasteiger partial charge < -0.3 is 4.90 Å². The molecule has 8 nitrogen and oxygen atoms in total. The minimum atomic E-state index is -3.55. The highest BCUT2D eigenvalue weighted by molar-refractivity contribution is 7.90. The van der Waals surface area contributed by atoms with Gasteiger partial charge in [0.2, 0.25) is 15.0 Å². The number of rotatable bonds is 4.